The number of amides is 3. The van der Waals surface area contributed by atoms with Crippen molar-refractivity contribution in [2.75, 3.05) is 39.3 Å². The molecule has 0 aromatic heterocycles. The van der Waals surface area contributed by atoms with Gasteiger partial charge in [0.1, 0.15) is 18.3 Å². The van der Waals surface area contributed by atoms with Crippen molar-refractivity contribution in [3.63, 3.8) is 0 Å². The Bertz CT molecular complexity index is 1750. The molecule has 392 valence electrons. The van der Waals surface area contributed by atoms with Gasteiger partial charge in [-0.15, -0.1) is 13.6 Å². The van der Waals surface area contributed by atoms with Crippen molar-refractivity contribution < 1.29 is 32.8 Å². The summed E-state index contributed by atoms with van der Waals surface area (Å²) in [7, 11) is -3.81. The normalized spacial score (nSPS) is 15.5. The van der Waals surface area contributed by atoms with Crippen molar-refractivity contribution in [2.24, 2.45) is 0 Å². The van der Waals surface area contributed by atoms with Crippen molar-refractivity contribution in [1.29, 1.82) is 0 Å². The van der Waals surface area contributed by atoms with Crippen LogP contribution in [0.2, 0.25) is 0 Å². The lowest BCUT2D eigenvalue weighted by Gasteiger charge is -2.42. The predicted octanol–water partition coefficient (Wildman–Crippen LogP) is 12.9. The zero-order valence-electron chi connectivity index (χ0n) is 44.2. The summed E-state index contributed by atoms with van der Waals surface area (Å²) in [4.78, 5) is 56.4. The molecule has 0 radical (unpaired) electrons. The number of benzene rings is 3. The molecule has 3 aromatic carbocycles. The quantitative estimate of drug-likeness (QED) is 0.0456. The molecule has 0 aliphatic carbocycles. The van der Waals surface area contributed by atoms with Crippen LogP contribution in [0.3, 0.4) is 0 Å². The van der Waals surface area contributed by atoms with E-state index in [1.54, 1.807) is 14.7 Å². The van der Waals surface area contributed by atoms with Crippen LogP contribution >= 0.6 is 8.17 Å². The second-order valence-electron chi connectivity index (χ2n) is 20.9. The molecule has 0 saturated carbocycles. The van der Waals surface area contributed by atoms with Crippen LogP contribution in [0.15, 0.2) is 72.8 Å². The summed E-state index contributed by atoms with van der Waals surface area (Å²) in [6.07, 6.45) is 26.9. The van der Waals surface area contributed by atoms with Gasteiger partial charge in [0, 0.05) is 19.3 Å². The molecular formula is C60H91N3O7P+. The number of aryl methyl sites for hydroxylation is 6. The van der Waals surface area contributed by atoms with Gasteiger partial charge in [-0.05, 0) is 110 Å². The molecule has 3 aliphatic rings. The van der Waals surface area contributed by atoms with Crippen LogP contribution in [-0.4, -0.2) is 94.9 Å². The molecular weight excluding hydrogens is 906 g/mol. The predicted molar refractivity (Wildman–Crippen MR) is 289 cm³/mol. The first-order valence-corrected chi connectivity index (χ1v) is 29.8. The molecule has 3 aliphatic heterocycles. The van der Waals surface area contributed by atoms with Crippen LogP contribution in [0.5, 0.6) is 0 Å². The van der Waals surface area contributed by atoms with Gasteiger partial charge >= 0.3 is 8.17 Å². The number of likely N-dealkylation sites (tertiary alicyclic amines) is 3. The van der Waals surface area contributed by atoms with E-state index in [0.29, 0.717) is 58.5 Å². The third-order valence-corrected chi connectivity index (χ3v) is 16.8. The van der Waals surface area contributed by atoms with E-state index >= 15 is 0 Å². The van der Waals surface area contributed by atoms with Gasteiger partial charge < -0.3 is 14.7 Å². The van der Waals surface area contributed by atoms with Crippen molar-refractivity contribution in [2.45, 2.75) is 212 Å². The fourth-order valence-electron chi connectivity index (χ4n) is 10.0. The van der Waals surface area contributed by atoms with Crippen LogP contribution in [-0.2, 0) is 66.5 Å². The SMILES string of the molecule is CCc1ccc(CCCCCCCCC(=O)N2CC(O[P+](O)(OC3CN(C(=O)CCCCCCCCc4ccc(CC)cc4)C3)OC3CN(C(=O)CCCCCCCCc4ccc(CC)cc4)C3)C2)cc1. The van der Waals surface area contributed by atoms with E-state index in [9.17, 15) is 19.3 Å². The first-order chi connectivity index (χ1) is 34.6. The number of hydrogen-bond acceptors (Lipinski definition) is 7. The Balaban J connectivity index is 0.846. The van der Waals surface area contributed by atoms with E-state index < -0.39 is 26.5 Å². The maximum absolute atomic E-state index is 13.1. The second-order valence-corrected chi connectivity index (χ2v) is 22.5. The summed E-state index contributed by atoms with van der Waals surface area (Å²) in [5.74, 6) is 0.354. The number of carbonyl (C=O) groups excluding carboxylic acids is 3. The zero-order chi connectivity index (χ0) is 50.1. The molecule has 3 heterocycles. The Morgan fingerprint density at radius 3 is 0.831 bits per heavy atom. The number of carbonyl (C=O) groups is 3. The maximum Gasteiger partial charge on any atom is 0.573 e. The van der Waals surface area contributed by atoms with E-state index in [1.807, 2.05) is 0 Å². The van der Waals surface area contributed by atoms with E-state index in [-0.39, 0.29) is 17.7 Å². The van der Waals surface area contributed by atoms with Crippen molar-refractivity contribution in [1.82, 2.24) is 14.7 Å². The Kier molecular flexibility index (Phi) is 24.9. The highest BCUT2D eigenvalue weighted by molar-refractivity contribution is 7.55. The maximum atomic E-state index is 13.1. The molecule has 71 heavy (non-hydrogen) atoms. The fraction of sp³-hybridized carbons (Fsp3) is 0.650. The van der Waals surface area contributed by atoms with E-state index in [1.165, 1.54) is 91.2 Å². The number of unbranched alkanes of at least 4 members (excludes halogenated alkanes) is 15. The molecule has 3 fully saturated rings. The smallest absolute Gasteiger partial charge is 0.337 e. The van der Waals surface area contributed by atoms with E-state index in [2.05, 4.69) is 93.6 Å². The van der Waals surface area contributed by atoms with Gasteiger partial charge in [-0.2, -0.15) is 4.89 Å². The molecule has 11 heteroatoms. The summed E-state index contributed by atoms with van der Waals surface area (Å²) >= 11 is 0. The molecule has 0 spiro atoms. The molecule has 10 nitrogen and oxygen atoms in total. The summed E-state index contributed by atoms with van der Waals surface area (Å²) in [6.45, 7) is 8.88. The third-order valence-electron chi connectivity index (χ3n) is 15.1. The molecule has 0 unspecified atom stereocenters. The Morgan fingerprint density at radius 1 is 0.380 bits per heavy atom. The lowest BCUT2D eigenvalue weighted by molar-refractivity contribution is -0.149. The number of hydrogen-bond donors (Lipinski definition) is 1. The first-order valence-electron chi connectivity index (χ1n) is 28.4. The molecule has 3 saturated heterocycles. The van der Waals surface area contributed by atoms with E-state index in [4.69, 9.17) is 13.6 Å². The minimum absolute atomic E-state index is 0.118. The minimum Gasteiger partial charge on any atom is -0.337 e. The average molecular weight is 997 g/mol. The largest absolute Gasteiger partial charge is 0.573 e. The topological polar surface area (TPSA) is 109 Å². The molecule has 0 atom stereocenters. The monoisotopic (exact) mass is 997 g/mol. The van der Waals surface area contributed by atoms with Gasteiger partial charge in [-0.1, -0.05) is 171 Å². The van der Waals surface area contributed by atoms with Gasteiger partial charge in [-0.3, -0.25) is 14.4 Å². The van der Waals surface area contributed by atoms with Crippen LogP contribution in [0, 0.1) is 0 Å². The van der Waals surface area contributed by atoms with Crippen molar-refractivity contribution in [3.05, 3.63) is 106 Å². The molecule has 6 rings (SSSR count). The molecule has 1 N–H and O–H groups in total. The Morgan fingerprint density at radius 2 is 0.592 bits per heavy atom. The van der Waals surface area contributed by atoms with Gasteiger partial charge in [0.2, 0.25) is 17.7 Å². The van der Waals surface area contributed by atoms with Crippen LogP contribution in [0.1, 0.15) is 189 Å². The standard InChI is InChI=1S/C60H91N3O7P/c1-4-49-31-37-52(38-32-49)25-19-13-7-10-16-22-28-58(64)61-43-55(44-61)68-71(67,69-56-45-62(46-56)59(65)29-23-17-11-8-14-20-26-53-39-33-50(5-2)34-40-53)70-57-47-63(48-57)60(66)30-24-18-12-9-15-21-27-54-41-35-51(6-3)36-42-54/h31-42,55-57,67H,4-30,43-48H2,1-3H3/q+1. The van der Waals surface area contributed by atoms with Gasteiger partial charge in [-0.25, -0.2) is 0 Å². The van der Waals surface area contributed by atoms with Crippen molar-refractivity contribution in [3.8, 4) is 0 Å². The number of nitrogens with zero attached hydrogens (tertiary/aromatic N) is 3. The number of rotatable bonds is 36. The van der Waals surface area contributed by atoms with Crippen LogP contribution in [0.4, 0.5) is 0 Å². The fourth-order valence-corrected chi connectivity index (χ4v) is 11.7. The summed E-state index contributed by atoms with van der Waals surface area (Å²) in [5, 5.41) is 0. The van der Waals surface area contributed by atoms with Gasteiger partial charge in [0.25, 0.3) is 0 Å². The Labute approximate surface area is 429 Å². The summed E-state index contributed by atoms with van der Waals surface area (Å²) in [6, 6.07) is 27.0. The third kappa shape index (κ3) is 20.3. The first kappa shape index (κ1) is 56.6. The minimum atomic E-state index is -3.81. The summed E-state index contributed by atoms with van der Waals surface area (Å²) in [5.41, 5.74) is 8.40. The molecule has 3 amide bonds. The lowest BCUT2D eigenvalue weighted by atomic mass is 10.0. The van der Waals surface area contributed by atoms with Gasteiger partial charge in [0.05, 0.1) is 39.3 Å². The average Bonchev–Trinajstić information content (AvgIpc) is 3.34. The lowest BCUT2D eigenvalue weighted by Crippen LogP contribution is -2.58. The van der Waals surface area contributed by atoms with Gasteiger partial charge in [0.15, 0.2) is 0 Å². The zero-order valence-corrected chi connectivity index (χ0v) is 45.1. The van der Waals surface area contributed by atoms with Crippen LogP contribution in [0.25, 0.3) is 0 Å². The van der Waals surface area contributed by atoms with Crippen LogP contribution < -0.4 is 0 Å². The highest BCUT2D eigenvalue weighted by atomic mass is 31.2. The van der Waals surface area contributed by atoms with E-state index in [0.717, 1.165) is 96.3 Å². The van der Waals surface area contributed by atoms with Crippen molar-refractivity contribution >= 4 is 25.9 Å². The summed E-state index contributed by atoms with van der Waals surface area (Å²) < 4.78 is 18.6. The molecule has 0 bridgehead atoms. The Hall–Kier alpha value is -3.66. The highest BCUT2D eigenvalue weighted by Crippen LogP contribution is 2.62. The highest BCUT2D eigenvalue weighted by Gasteiger charge is 2.57. The molecule has 3 aromatic rings. The second kappa shape index (κ2) is 31.2.